The minimum absolute atomic E-state index is 0.478. The van der Waals surface area contributed by atoms with Crippen LogP contribution in [0.15, 0.2) is 12.1 Å². The fourth-order valence-corrected chi connectivity index (χ4v) is 1.33. The summed E-state index contributed by atoms with van der Waals surface area (Å²) < 4.78 is 41.2. The molecule has 0 aromatic heterocycles. The molecule has 0 radical (unpaired) electrons. The number of rotatable bonds is 5. The fraction of sp³-hybridized carbons (Fsp3) is 0.222. The maximum absolute atomic E-state index is 13.4. The zero-order valence-electron chi connectivity index (χ0n) is 8.92. The van der Waals surface area contributed by atoms with Gasteiger partial charge in [-0.1, -0.05) is 0 Å². The number of nitro benzene ring substituents is 1. The van der Waals surface area contributed by atoms with Crippen molar-refractivity contribution in [3.8, 4) is 5.75 Å². The quantitative estimate of drug-likeness (QED) is 0.624. The Morgan fingerprint density at radius 3 is 2.42 bits per heavy atom. The van der Waals surface area contributed by atoms with Gasteiger partial charge in [-0.05, 0) is 12.1 Å². The summed E-state index contributed by atoms with van der Waals surface area (Å²) in [5, 5.41) is 28.4. The molecule has 0 saturated heterocycles. The van der Waals surface area contributed by atoms with Crippen LogP contribution in [0.25, 0.3) is 0 Å². The first-order valence-corrected chi connectivity index (χ1v) is 4.58. The fourth-order valence-electron chi connectivity index (χ4n) is 1.33. The molecule has 0 saturated carbocycles. The number of aliphatic hydroxyl groups excluding tert-OH is 1. The lowest BCUT2D eigenvalue weighted by atomic mass is 10.1. The van der Waals surface area contributed by atoms with E-state index < -0.39 is 46.4 Å². The van der Waals surface area contributed by atoms with Crippen LogP contribution in [0.5, 0.6) is 5.75 Å². The van der Waals surface area contributed by atoms with Crippen molar-refractivity contribution in [3.05, 3.63) is 33.6 Å². The summed E-state index contributed by atoms with van der Waals surface area (Å²) in [5.41, 5.74) is -2.62. The molecule has 0 bridgehead atoms. The molecule has 0 amide bonds. The van der Waals surface area contributed by atoms with Gasteiger partial charge in [0, 0.05) is 0 Å². The van der Waals surface area contributed by atoms with Crippen molar-refractivity contribution in [2.45, 2.75) is 12.7 Å². The molecular formula is C9H6F3NO6. The zero-order valence-corrected chi connectivity index (χ0v) is 8.92. The van der Waals surface area contributed by atoms with Crippen LogP contribution in [0.1, 0.15) is 11.7 Å². The van der Waals surface area contributed by atoms with E-state index in [9.17, 15) is 33.2 Å². The number of hydrogen-bond donors (Lipinski definition) is 2. The van der Waals surface area contributed by atoms with Crippen molar-refractivity contribution in [3.63, 3.8) is 0 Å². The van der Waals surface area contributed by atoms with Crippen LogP contribution in [-0.4, -0.2) is 27.7 Å². The first-order valence-electron chi connectivity index (χ1n) is 4.58. The van der Waals surface area contributed by atoms with E-state index in [0.29, 0.717) is 12.1 Å². The predicted octanol–water partition coefficient (Wildman–Crippen LogP) is 1.45. The van der Waals surface area contributed by atoms with Gasteiger partial charge >= 0.3 is 18.3 Å². The molecule has 1 atom stereocenters. The second-order valence-corrected chi connectivity index (χ2v) is 3.18. The number of alkyl halides is 2. The molecule has 0 aliphatic rings. The third-order valence-corrected chi connectivity index (χ3v) is 2.03. The molecule has 0 aliphatic heterocycles. The number of carboxylic acid groups (broad SMARTS) is 1. The highest BCUT2D eigenvalue weighted by atomic mass is 19.3. The Bertz CT molecular complexity index is 521. The van der Waals surface area contributed by atoms with E-state index in [1.807, 2.05) is 0 Å². The molecule has 1 aromatic rings. The van der Waals surface area contributed by atoms with Gasteiger partial charge in [0.25, 0.3) is 0 Å². The Kier molecular flexibility index (Phi) is 4.27. The van der Waals surface area contributed by atoms with Gasteiger partial charge in [-0.15, -0.1) is 0 Å². The Hall–Kier alpha value is -2.36. The molecule has 0 spiro atoms. The standard InChI is InChI=1S/C9H6F3NO6/c10-3-1-2-4(19-9(11)12)6(13(17)18)5(3)7(14)8(15)16/h1-2,7,9,14H,(H,15,16). The molecule has 1 unspecified atom stereocenters. The Labute approximate surface area is 103 Å². The molecule has 1 rings (SSSR count). The number of hydrogen-bond acceptors (Lipinski definition) is 5. The number of aliphatic hydroxyl groups is 1. The van der Waals surface area contributed by atoms with E-state index in [2.05, 4.69) is 4.74 Å². The van der Waals surface area contributed by atoms with Crippen LogP contribution in [0.4, 0.5) is 18.9 Å². The van der Waals surface area contributed by atoms with Crippen molar-refractivity contribution in [2.75, 3.05) is 0 Å². The summed E-state index contributed by atoms with van der Waals surface area (Å²) in [5.74, 6) is -4.45. The first kappa shape index (κ1) is 14.7. The molecule has 2 N–H and O–H groups in total. The lowest BCUT2D eigenvalue weighted by molar-refractivity contribution is -0.387. The highest BCUT2D eigenvalue weighted by molar-refractivity contribution is 5.77. The molecular weight excluding hydrogens is 275 g/mol. The molecule has 0 fully saturated rings. The SMILES string of the molecule is O=C(O)C(O)c1c(F)ccc(OC(F)F)c1[N+](=O)[O-]. The van der Waals surface area contributed by atoms with E-state index in [4.69, 9.17) is 5.11 Å². The van der Waals surface area contributed by atoms with E-state index in [1.54, 1.807) is 0 Å². The van der Waals surface area contributed by atoms with Crippen LogP contribution in [0.2, 0.25) is 0 Å². The van der Waals surface area contributed by atoms with Gasteiger partial charge in [0.2, 0.25) is 5.75 Å². The number of aliphatic carboxylic acids is 1. The smallest absolute Gasteiger partial charge is 0.387 e. The minimum Gasteiger partial charge on any atom is -0.479 e. The topological polar surface area (TPSA) is 110 Å². The second kappa shape index (κ2) is 5.52. The van der Waals surface area contributed by atoms with Crippen molar-refractivity contribution >= 4 is 11.7 Å². The summed E-state index contributed by atoms with van der Waals surface area (Å²) >= 11 is 0. The van der Waals surface area contributed by atoms with Crippen LogP contribution in [-0.2, 0) is 4.79 Å². The Morgan fingerprint density at radius 1 is 1.42 bits per heavy atom. The summed E-state index contributed by atoms with van der Waals surface area (Å²) in [6, 6.07) is 1.02. The van der Waals surface area contributed by atoms with Gasteiger partial charge in [-0.3, -0.25) is 10.1 Å². The van der Waals surface area contributed by atoms with Crippen molar-refractivity contribution in [2.24, 2.45) is 0 Å². The molecule has 7 nitrogen and oxygen atoms in total. The van der Waals surface area contributed by atoms with Gasteiger partial charge in [0.15, 0.2) is 6.10 Å². The van der Waals surface area contributed by atoms with Crippen LogP contribution >= 0.6 is 0 Å². The van der Waals surface area contributed by atoms with Gasteiger partial charge in [0.1, 0.15) is 11.4 Å². The number of nitrogens with zero attached hydrogens (tertiary/aromatic N) is 1. The van der Waals surface area contributed by atoms with Gasteiger partial charge in [-0.2, -0.15) is 8.78 Å². The lowest BCUT2D eigenvalue weighted by Gasteiger charge is -2.11. The number of ether oxygens (including phenoxy) is 1. The predicted molar refractivity (Wildman–Crippen MR) is 52.3 cm³/mol. The van der Waals surface area contributed by atoms with E-state index in [1.165, 1.54) is 0 Å². The van der Waals surface area contributed by atoms with Crippen molar-refractivity contribution in [1.29, 1.82) is 0 Å². The molecule has 104 valence electrons. The zero-order chi connectivity index (χ0) is 14.7. The maximum Gasteiger partial charge on any atom is 0.387 e. The monoisotopic (exact) mass is 281 g/mol. The summed E-state index contributed by atoms with van der Waals surface area (Å²) in [7, 11) is 0. The van der Waals surface area contributed by atoms with Crippen LogP contribution < -0.4 is 4.74 Å². The number of carboxylic acids is 1. The van der Waals surface area contributed by atoms with Gasteiger partial charge in [0.05, 0.1) is 4.92 Å². The molecule has 10 heteroatoms. The van der Waals surface area contributed by atoms with E-state index in [0.717, 1.165) is 0 Å². The van der Waals surface area contributed by atoms with Crippen molar-refractivity contribution in [1.82, 2.24) is 0 Å². The average molecular weight is 281 g/mol. The van der Waals surface area contributed by atoms with Crippen molar-refractivity contribution < 1.29 is 37.8 Å². The molecule has 0 heterocycles. The van der Waals surface area contributed by atoms with Gasteiger partial charge < -0.3 is 14.9 Å². The van der Waals surface area contributed by atoms with Crippen LogP contribution in [0, 0.1) is 15.9 Å². The largest absolute Gasteiger partial charge is 0.479 e. The first-order chi connectivity index (χ1) is 8.75. The highest BCUT2D eigenvalue weighted by Crippen LogP contribution is 2.37. The third-order valence-electron chi connectivity index (χ3n) is 2.03. The van der Waals surface area contributed by atoms with Gasteiger partial charge in [-0.25, -0.2) is 9.18 Å². The number of carbonyl (C=O) groups is 1. The van der Waals surface area contributed by atoms with Crippen LogP contribution in [0.3, 0.4) is 0 Å². The van der Waals surface area contributed by atoms with E-state index in [-0.39, 0.29) is 0 Å². The minimum atomic E-state index is -3.43. The summed E-state index contributed by atoms with van der Waals surface area (Å²) in [6.45, 7) is -3.43. The normalized spacial score (nSPS) is 12.3. The number of nitro groups is 1. The third kappa shape index (κ3) is 3.10. The maximum atomic E-state index is 13.4. The summed E-state index contributed by atoms with van der Waals surface area (Å²) in [6.07, 6.45) is -2.58. The number of benzene rings is 1. The molecule has 0 aliphatic carbocycles. The Balaban J connectivity index is 3.50. The van der Waals surface area contributed by atoms with E-state index >= 15 is 0 Å². The number of halogens is 3. The molecule has 1 aromatic carbocycles. The second-order valence-electron chi connectivity index (χ2n) is 3.18. The Morgan fingerprint density at radius 2 is 2.00 bits per heavy atom. The average Bonchev–Trinajstić information content (AvgIpc) is 2.28. The summed E-state index contributed by atoms with van der Waals surface area (Å²) in [4.78, 5) is 19.9. The molecule has 19 heavy (non-hydrogen) atoms. The highest BCUT2D eigenvalue weighted by Gasteiger charge is 2.34. The lowest BCUT2D eigenvalue weighted by Crippen LogP contribution is -2.16.